The monoisotopic (exact) mass is 317 g/mol. The Kier molecular flexibility index (Phi) is 6.63. The summed E-state index contributed by atoms with van der Waals surface area (Å²) in [5.41, 5.74) is 1.14. The Hall–Kier alpha value is -0.930. The molecule has 0 radical (unpaired) electrons. The van der Waals surface area contributed by atoms with Gasteiger partial charge in [0.25, 0.3) is 5.91 Å². The average Bonchev–Trinajstić information content (AvgIpc) is 2.43. The third kappa shape index (κ3) is 4.57. The second-order valence-electron chi connectivity index (χ2n) is 5.06. The lowest BCUT2D eigenvalue weighted by atomic mass is 10.00. The van der Waals surface area contributed by atoms with Gasteiger partial charge in [0.15, 0.2) is 4.84 Å². The number of rotatable bonds is 6. The molecule has 0 N–H and O–H groups in total. The third-order valence-electron chi connectivity index (χ3n) is 3.25. The predicted octanol–water partition coefficient (Wildman–Crippen LogP) is 3.84. The van der Waals surface area contributed by atoms with Gasteiger partial charge >= 0.3 is 0 Å². The molecule has 20 heavy (non-hydrogen) atoms. The van der Waals surface area contributed by atoms with Gasteiger partial charge in [0, 0.05) is 12.6 Å². The SMILES string of the molecule is COc1ccc(C(C)CN(C(=O)C(Cl)Cl)C(C)C)cc1. The summed E-state index contributed by atoms with van der Waals surface area (Å²) in [5, 5.41) is 0. The van der Waals surface area contributed by atoms with Gasteiger partial charge in [-0.25, -0.2) is 0 Å². The summed E-state index contributed by atoms with van der Waals surface area (Å²) in [6.45, 7) is 6.56. The van der Waals surface area contributed by atoms with Crippen LogP contribution in [0.25, 0.3) is 0 Å². The number of benzene rings is 1. The van der Waals surface area contributed by atoms with E-state index >= 15 is 0 Å². The summed E-state index contributed by atoms with van der Waals surface area (Å²) in [6, 6.07) is 7.90. The van der Waals surface area contributed by atoms with Crippen molar-refractivity contribution in [2.24, 2.45) is 0 Å². The lowest BCUT2D eigenvalue weighted by molar-refractivity contribution is -0.131. The van der Waals surface area contributed by atoms with Crippen LogP contribution in [0.1, 0.15) is 32.3 Å². The van der Waals surface area contributed by atoms with Crippen molar-refractivity contribution < 1.29 is 9.53 Å². The topological polar surface area (TPSA) is 29.5 Å². The molecule has 1 amide bonds. The van der Waals surface area contributed by atoms with Crippen molar-refractivity contribution in [3.63, 3.8) is 0 Å². The van der Waals surface area contributed by atoms with E-state index in [1.54, 1.807) is 12.0 Å². The van der Waals surface area contributed by atoms with Crippen LogP contribution in [0.3, 0.4) is 0 Å². The summed E-state index contributed by atoms with van der Waals surface area (Å²) < 4.78 is 5.14. The number of halogens is 2. The number of nitrogens with zero attached hydrogens (tertiary/aromatic N) is 1. The van der Waals surface area contributed by atoms with E-state index < -0.39 is 4.84 Å². The molecule has 0 aliphatic heterocycles. The molecule has 0 fully saturated rings. The van der Waals surface area contributed by atoms with Gasteiger partial charge in [-0.1, -0.05) is 42.3 Å². The molecule has 0 heterocycles. The first-order chi connectivity index (χ1) is 9.36. The van der Waals surface area contributed by atoms with Crippen molar-refractivity contribution >= 4 is 29.1 Å². The minimum absolute atomic E-state index is 0.0585. The van der Waals surface area contributed by atoms with Crippen molar-refractivity contribution in [2.45, 2.75) is 37.6 Å². The third-order valence-corrected chi connectivity index (χ3v) is 3.62. The molecule has 0 aliphatic rings. The molecule has 1 unspecified atom stereocenters. The standard InChI is InChI=1S/C15H21Cl2NO2/c1-10(2)18(15(19)14(16)17)9-11(3)12-5-7-13(20-4)8-6-12/h5-8,10-11,14H,9H2,1-4H3. The number of amides is 1. The Morgan fingerprint density at radius 1 is 1.20 bits per heavy atom. The second-order valence-corrected chi connectivity index (χ2v) is 6.16. The van der Waals surface area contributed by atoms with Crippen molar-refractivity contribution in [3.05, 3.63) is 29.8 Å². The molecule has 112 valence electrons. The highest BCUT2D eigenvalue weighted by Gasteiger charge is 2.24. The Bertz CT molecular complexity index is 432. The molecule has 0 saturated heterocycles. The zero-order chi connectivity index (χ0) is 15.3. The molecule has 1 rings (SSSR count). The molecular formula is C15H21Cl2NO2. The van der Waals surface area contributed by atoms with E-state index in [4.69, 9.17) is 27.9 Å². The molecule has 5 heteroatoms. The lowest BCUT2D eigenvalue weighted by Gasteiger charge is -2.30. The van der Waals surface area contributed by atoms with Crippen LogP contribution in [0.4, 0.5) is 0 Å². The molecule has 0 saturated carbocycles. The number of ether oxygens (including phenoxy) is 1. The van der Waals surface area contributed by atoms with Gasteiger partial charge in [0.1, 0.15) is 5.75 Å². The van der Waals surface area contributed by atoms with E-state index in [9.17, 15) is 4.79 Å². The zero-order valence-corrected chi connectivity index (χ0v) is 13.8. The summed E-state index contributed by atoms with van der Waals surface area (Å²) in [5.74, 6) is 0.766. The first-order valence-corrected chi connectivity index (χ1v) is 7.46. The number of hydrogen-bond donors (Lipinski definition) is 0. The molecule has 1 aromatic rings. The van der Waals surface area contributed by atoms with E-state index in [-0.39, 0.29) is 17.9 Å². The van der Waals surface area contributed by atoms with Crippen molar-refractivity contribution in [1.29, 1.82) is 0 Å². The number of carbonyl (C=O) groups excluding carboxylic acids is 1. The van der Waals surface area contributed by atoms with Crippen molar-refractivity contribution in [3.8, 4) is 5.75 Å². The largest absolute Gasteiger partial charge is 0.497 e. The maximum atomic E-state index is 12.0. The maximum absolute atomic E-state index is 12.0. The highest BCUT2D eigenvalue weighted by Crippen LogP contribution is 2.22. The molecule has 0 aliphatic carbocycles. The molecule has 0 bridgehead atoms. The van der Waals surface area contributed by atoms with Crippen LogP contribution in [0.5, 0.6) is 5.75 Å². The minimum Gasteiger partial charge on any atom is -0.497 e. The molecule has 0 spiro atoms. The van der Waals surface area contributed by atoms with Crippen LogP contribution >= 0.6 is 23.2 Å². The average molecular weight is 318 g/mol. The van der Waals surface area contributed by atoms with Gasteiger partial charge in [0.2, 0.25) is 0 Å². The Morgan fingerprint density at radius 2 is 1.75 bits per heavy atom. The quantitative estimate of drug-likeness (QED) is 0.746. The van der Waals surface area contributed by atoms with E-state index in [0.29, 0.717) is 6.54 Å². The number of hydrogen-bond acceptors (Lipinski definition) is 2. The van der Waals surface area contributed by atoms with Crippen LogP contribution in [0, 0.1) is 0 Å². The molecule has 3 nitrogen and oxygen atoms in total. The summed E-state index contributed by atoms with van der Waals surface area (Å²) in [6.07, 6.45) is 0. The van der Waals surface area contributed by atoms with Gasteiger partial charge in [-0.05, 0) is 37.5 Å². The number of methoxy groups -OCH3 is 1. The van der Waals surface area contributed by atoms with Crippen molar-refractivity contribution in [2.75, 3.05) is 13.7 Å². The van der Waals surface area contributed by atoms with Crippen LogP contribution in [0.2, 0.25) is 0 Å². The first kappa shape index (κ1) is 17.1. The Balaban J connectivity index is 2.79. The molecule has 1 aromatic carbocycles. The smallest absolute Gasteiger partial charge is 0.256 e. The minimum atomic E-state index is -1.01. The van der Waals surface area contributed by atoms with Crippen molar-refractivity contribution in [1.82, 2.24) is 4.90 Å². The van der Waals surface area contributed by atoms with E-state index in [0.717, 1.165) is 11.3 Å². The van der Waals surface area contributed by atoms with Gasteiger partial charge < -0.3 is 9.64 Å². The van der Waals surface area contributed by atoms with Gasteiger partial charge in [-0.2, -0.15) is 0 Å². The summed E-state index contributed by atoms with van der Waals surface area (Å²) >= 11 is 11.4. The first-order valence-electron chi connectivity index (χ1n) is 6.59. The highest BCUT2D eigenvalue weighted by atomic mass is 35.5. The fourth-order valence-electron chi connectivity index (χ4n) is 2.01. The predicted molar refractivity (Wildman–Crippen MR) is 83.8 cm³/mol. The van der Waals surface area contributed by atoms with Crippen LogP contribution in [-0.2, 0) is 4.79 Å². The van der Waals surface area contributed by atoms with Crippen LogP contribution in [-0.4, -0.2) is 35.3 Å². The normalized spacial score (nSPS) is 12.6. The van der Waals surface area contributed by atoms with Crippen LogP contribution < -0.4 is 4.74 Å². The van der Waals surface area contributed by atoms with E-state index in [1.807, 2.05) is 38.1 Å². The van der Waals surface area contributed by atoms with E-state index in [2.05, 4.69) is 6.92 Å². The van der Waals surface area contributed by atoms with Crippen LogP contribution in [0.15, 0.2) is 24.3 Å². The zero-order valence-electron chi connectivity index (χ0n) is 12.3. The van der Waals surface area contributed by atoms with Gasteiger partial charge in [-0.15, -0.1) is 0 Å². The fraction of sp³-hybridized carbons (Fsp3) is 0.533. The summed E-state index contributed by atoms with van der Waals surface area (Å²) in [4.78, 5) is 12.7. The lowest BCUT2D eigenvalue weighted by Crippen LogP contribution is -2.42. The summed E-state index contributed by atoms with van der Waals surface area (Å²) in [7, 11) is 1.64. The Labute approximate surface area is 130 Å². The van der Waals surface area contributed by atoms with E-state index in [1.165, 1.54) is 0 Å². The maximum Gasteiger partial charge on any atom is 0.256 e. The second kappa shape index (κ2) is 7.75. The number of carbonyl (C=O) groups is 1. The molecule has 0 aromatic heterocycles. The van der Waals surface area contributed by atoms with Gasteiger partial charge in [-0.3, -0.25) is 4.79 Å². The fourth-order valence-corrected chi connectivity index (χ4v) is 2.26. The highest BCUT2D eigenvalue weighted by molar-refractivity contribution is 6.53. The molecule has 1 atom stereocenters. The molecular weight excluding hydrogens is 297 g/mol. The Morgan fingerprint density at radius 3 is 2.15 bits per heavy atom. The van der Waals surface area contributed by atoms with Gasteiger partial charge in [0.05, 0.1) is 7.11 Å². The number of alkyl halides is 2.